The lowest BCUT2D eigenvalue weighted by Crippen LogP contribution is -2.39. The first-order chi connectivity index (χ1) is 21.9. The Morgan fingerprint density at radius 2 is 1.58 bits per heavy atom. The molecule has 4 aliphatic rings. The van der Waals surface area contributed by atoms with Crippen LogP contribution in [0.1, 0.15) is 31.2 Å². The Labute approximate surface area is 260 Å². The Morgan fingerprint density at radius 3 is 2.29 bits per heavy atom. The molecule has 3 aromatic rings. The molecule has 8 heteroatoms. The van der Waals surface area contributed by atoms with E-state index in [9.17, 15) is 19.2 Å². The van der Waals surface area contributed by atoms with E-state index in [0.717, 1.165) is 22.5 Å². The first-order valence-electron chi connectivity index (χ1n) is 15.2. The van der Waals surface area contributed by atoms with Crippen LogP contribution >= 0.6 is 0 Å². The van der Waals surface area contributed by atoms with Crippen molar-refractivity contribution in [2.24, 2.45) is 17.8 Å². The predicted octanol–water partition coefficient (Wildman–Crippen LogP) is 5.44. The number of ketones is 2. The molecule has 226 valence electrons. The van der Waals surface area contributed by atoms with Crippen LogP contribution in [-0.2, 0) is 19.2 Å². The van der Waals surface area contributed by atoms with Crippen molar-refractivity contribution in [2.75, 3.05) is 23.4 Å². The van der Waals surface area contributed by atoms with Crippen LogP contribution in [0.5, 0.6) is 5.75 Å². The van der Waals surface area contributed by atoms with Crippen molar-refractivity contribution < 1.29 is 29.0 Å². The lowest BCUT2D eigenvalue weighted by Gasteiger charge is -2.42. The third-order valence-corrected chi connectivity index (χ3v) is 9.33. The van der Waals surface area contributed by atoms with Crippen LogP contribution in [0.25, 0.3) is 0 Å². The number of nitrogens with one attached hydrogen (secondary N) is 1. The molecule has 45 heavy (non-hydrogen) atoms. The number of allylic oxidation sites excluding steroid dienone is 6. The van der Waals surface area contributed by atoms with Gasteiger partial charge in [0.05, 0.1) is 24.1 Å². The van der Waals surface area contributed by atoms with Crippen LogP contribution in [0.4, 0.5) is 17.1 Å². The predicted molar refractivity (Wildman–Crippen MR) is 169 cm³/mol. The molecule has 8 nitrogen and oxygen atoms in total. The number of para-hydroxylation sites is 1. The zero-order chi connectivity index (χ0) is 31.2. The van der Waals surface area contributed by atoms with E-state index < -0.39 is 23.7 Å². The maximum absolute atomic E-state index is 14.2. The van der Waals surface area contributed by atoms with Gasteiger partial charge < -0.3 is 15.2 Å². The second-order valence-electron chi connectivity index (χ2n) is 11.9. The summed E-state index contributed by atoms with van der Waals surface area (Å²) >= 11 is 0. The highest BCUT2D eigenvalue weighted by Gasteiger charge is 2.56. The quantitative estimate of drug-likeness (QED) is 0.211. The average molecular weight is 601 g/mol. The fourth-order valence-electron chi connectivity index (χ4n) is 7.30. The van der Waals surface area contributed by atoms with E-state index in [1.807, 2.05) is 60.7 Å². The molecule has 3 aromatic carbocycles. The number of rotatable bonds is 7. The van der Waals surface area contributed by atoms with Crippen LogP contribution in [0, 0.1) is 17.8 Å². The van der Waals surface area contributed by atoms with Crippen LogP contribution < -0.4 is 15.0 Å². The number of fused-ring (bicyclic) bond motifs is 3. The van der Waals surface area contributed by atoms with E-state index in [2.05, 4.69) is 5.32 Å². The molecule has 0 spiro atoms. The minimum atomic E-state index is -0.641. The van der Waals surface area contributed by atoms with Gasteiger partial charge in [-0.05, 0) is 85.9 Å². The molecule has 0 saturated carbocycles. The van der Waals surface area contributed by atoms with Crippen molar-refractivity contribution in [3.63, 3.8) is 0 Å². The molecule has 7 rings (SSSR count). The van der Waals surface area contributed by atoms with Gasteiger partial charge in [-0.15, -0.1) is 0 Å². The number of ether oxygens (including phenoxy) is 1. The summed E-state index contributed by atoms with van der Waals surface area (Å²) in [7, 11) is 0. The molecular weight excluding hydrogens is 568 g/mol. The fraction of sp³-hybridized carbons (Fsp3) is 0.243. The smallest absolute Gasteiger partial charge is 0.238 e. The summed E-state index contributed by atoms with van der Waals surface area (Å²) in [4.78, 5) is 56.3. The first-order valence-corrected chi connectivity index (χ1v) is 15.2. The Bertz CT molecular complexity index is 1800. The van der Waals surface area contributed by atoms with E-state index in [-0.39, 0.29) is 43.0 Å². The van der Waals surface area contributed by atoms with Gasteiger partial charge >= 0.3 is 0 Å². The van der Waals surface area contributed by atoms with Crippen LogP contribution in [-0.4, -0.2) is 41.7 Å². The molecule has 1 heterocycles. The number of aliphatic hydroxyl groups excluding tert-OH is 1. The Balaban J connectivity index is 1.22. The molecule has 1 aliphatic heterocycles. The van der Waals surface area contributed by atoms with E-state index >= 15 is 0 Å². The first kappa shape index (κ1) is 28.7. The van der Waals surface area contributed by atoms with Crippen LogP contribution in [0.3, 0.4) is 0 Å². The van der Waals surface area contributed by atoms with Crippen LogP contribution in [0.15, 0.2) is 113 Å². The number of hydrogen-bond acceptors (Lipinski definition) is 7. The van der Waals surface area contributed by atoms with Crippen molar-refractivity contribution in [3.8, 4) is 5.75 Å². The number of nitrogens with zero attached hydrogens (tertiary/aromatic N) is 1. The SMILES string of the molecule is CC1=CC(=O)C2=C(C1=O)[C@@H](c1ccc(OCCO)cc1)C1=CC[C@@H]3C(=O)N(c4ccc(Nc5ccccc5)cc4)C(=O)[C@@H]3[C@@H]1C2. The Hall–Kier alpha value is -5.08. The normalized spacial score (nSPS) is 24.1. The number of hydrogen-bond donors (Lipinski definition) is 2. The standard InChI is InChI=1S/C37H32N2O6/c1-21-19-31(41)30-20-29-27(32(34(30)35(21)42)22-7-13-26(14-8-22)45-18-17-40)15-16-28-33(29)37(44)39(36(28)43)25-11-9-24(10-12-25)38-23-5-3-2-4-6-23/h2-15,19,28-29,32-33,38,40H,16-18,20H2,1H3/t28-,29+,32-,33-/m0/s1. The van der Waals surface area contributed by atoms with E-state index in [0.29, 0.717) is 34.6 Å². The Kier molecular flexibility index (Phi) is 7.30. The lowest BCUT2D eigenvalue weighted by atomic mass is 9.59. The number of benzene rings is 3. The molecule has 1 saturated heterocycles. The largest absolute Gasteiger partial charge is 0.491 e. The molecule has 0 aromatic heterocycles. The van der Waals surface area contributed by atoms with Gasteiger partial charge in [-0.3, -0.25) is 24.1 Å². The topological polar surface area (TPSA) is 113 Å². The van der Waals surface area contributed by atoms with Gasteiger partial charge in [0.25, 0.3) is 0 Å². The summed E-state index contributed by atoms with van der Waals surface area (Å²) in [5.74, 6) is -2.44. The number of Topliss-reactive ketones (excluding diaryl/α,β-unsaturated/α-hetero) is 1. The number of anilines is 3. The summed E-state index contributed by atoms with van der Waals surface area (Å²) in [6.45, 7) is 1.70. The fourth-order valence-corrected chi connectivity index (χ4v) is 7.30. The summed E-state index contributed by atoms with van der Waals surface area (Å²) in [5.41, 5.74) is 5.25. The monoisotopic (exact) mass is 600 g/mol. The summed E-state index contributed by atoms with van der Waals surface area (Å²) in [6.07, 6.45) is 4.01. The maximum atomic E-state index is 14.2. The summed E-state index contributed by atoms with van der Waals surface area (Å²) < 4.78 is 5.54. The number of carbonyl (C=O) groups excluding carboxylic acids is 4. The maximum Gasteiger partial charge on any atom is 0.238 e. The number of carbonyl (C=O) groups is 4. The summed E-state index contributed by atoms with van der Waals surface area (Å²) in [6, 6.07) is 24.2. The van der Waals surface area contributed by atoms with Gasteiger partial charge in [-0.2, -0.15) is 0 Å². The third-order valence-electron chi connectivity index (χ3n) is 9.33. The zero-order valence-corrected chi connectivity index (χ0v) is 24.7. The van der Waals surface area contributed by atoms with Gasteiger partial charge in [0, 0.05) is 34.0 Å². The van der Waals surface area contributed by atoms with Gasteiger partial charge in [0.1, 0.15) is 12.4 Å². The van der Waals surface area contributed by atoms with Crippen molar-refractivity contribution in [1.82, 2.24) is 0 Å². The van der Waals surface area contributed by atoms with Gasteiger partial charge in [-0.25, -0.2) is 0 Å². The van der Waals surface area contributed by atoms with Gasteiger partial charge in [0.2, 0.25) is 11.8 Å². The number of aliphatic hydroxyl groups is 1. The molecule has 2 amide bonds. The minimum Gasteiger partial charge on any atom is -0.491 e. The molecule has 0 bridgehead atoms. The van der Waals surface area contributed by atoms with Crippen molar-refractivity contribution in [2.45, 2.75) is 25.7 Å². The molecular formula is C37H32N2O6. The van der Waals surface area contributed by atoms with Crippen molar-refractivity contribution in [1.29, 1.82) is 0 Å². The highest BCUT2D eigenvalue weighted by atomic mass is 16.5. The van der Waals surface area contributed by atoms with E-state index in [4.69, 9.17) is 9.84 Å². The molecule has 1 fully saturated rings. The molecule has 0 unspecified atom stereocenters. The molecule has 0 radical (unpaired) electrons. The summed E-state index contributed by atoms with van der Waals surface area (Å²) in [5, 5.41) is 12.4. The van der Waals surface area contributed by atoms with Gasteiger partial charge in [-0.1, -0.05) is 42.0 Å². The van der Waals surface area contributed by atoms with E-state index in [1.54, 1.807) is 31.2 Å². The highest BCUT2D eigenvalue weighted by Crippen LogP contribution is 2.55. The van der Waals surface area contributed by atoms with Crippen molar-refractivity contribution >= 4 is 40.4 Å². The van der Waals surface area contributed by atoms with Gasteiger partial charge in [0.15, 0.2) is 11.6 Å². The highest BCUT2D eigenvalue weighted by molar-refractivity contribution is 6.25. The number of amides is 2. The Morgan fingerprint density at radius 1 is 0.867 bits per heavy atom. The third kappa shape index (κ3) is 4.91. The van der Waals surface area contributed by atoms with Crippen LogP contribution in [0.2, 0.25) is 0 Å². The minimum absolute atomic E-state index is 0.113. The second kappa shape index (κ2) is 11.4. The second-order valence-corrected chi connectivity index (χ2v) is 11.9. The molecule has 4 atom stereocenters. The molecule has 3 aliphatic carbocycles. The number of imide groups is 1. The van der Waals surface area contributed by atoms with Crippen molar-refractivity contribution in [3.05, 3.63) is 119 Å². The molecule has 2 N–H and O–H groups in total. The zero-order valence-electron chi connectivity index (χ0n) is 24.7. The average Bonchev–Trinajstić information content (AvgIpc) is 3.32. The lowest BCUT2D eigenvalue weighted by molar-refractivity contribution is -0.123. The van der Waals surface area contributed by atoms with E-state index in [1.165, 1.54) is 11.0 Å².